The molecule has 0 saturated carbocycles. The summed E-state index contributed by atoms with van der Waals surface area (Å²) >= 11 is 0. The summed E-state index contributed by atoms with van der Waals surface area (Å²) < 4.78 is 5.43. The molecule has 0 aromatic heterocycles. The Bertz CT molecular complexity index is 227. The lowest BCUT2D eigenvalue weighted by Crippen LogP contribution is -2.36. The fourth-order valence-electron chi connectivity index (χ4n) is 1.55. The Labute approximate surface area is 72.3 Å². The van der Waals surface area contributed by atoms with Crippen molar-refractivity contribution >= 4 is 5.78 Å². The van der Waals surface area contributed by atoms with E-state index in [0.29, 0.717) is 19.4 Å². The summed E-state index contributed by atoms with van der Waals surface area (Å²) in [6.07, 6.45) is 1.36. The molecule has 0 aliphatic carbocycles. The highest BCUT2D eigenvalue weighted by atomic mass is 16.5. The molecule has 1 aliphatic heterocycles. The van der Waals surface area contributed by atoms with E-state index in [0.717, 1.165) is 0 Å². The van der Waals surface area contributed by atoms with Crippen LogP contribution in [0, 0.1) is 17.2 Å². The van der Waals surface area contributed by atoms with Crippen LogP contribution in [0.25, 0.3) is 0 Å². The molecule has 0 spiro atoms. The van der Waals surface area contributed by atoms with Gasteiger partial charge in [0.1, 0.15) is 6.07 Å². The van der Waals surface area contributed by atoms with Crippen LogP contribution in [-0.2, 0) is 9.53 Å². The molecule has 1 fully saturated rings. The van der Waals surface area contributed by atoms with Crippen molar-refractivity contribution in [3.63, 3.8) is 0 Å². The highest BCUT2D eigenvalue weighted by Crippen LogP contribution is 2.28. The standard InChI is InChI=1S/C9H13NO2/c1-9(2)5-7(3-4-12-9)8(11)6-10/h7H,3-5H2,1-2H3. The maximum atomic E-state index is 11.0. The average Bonchev–Trinajstić information content (AvgIpc) is 2.01. The molecule has 1 heterocycles. The Hall–Kier alpha value is -0.880. The predicted octanol–water partition coefficient (Wildman–Crippen LogP) is 1.28. The maximum absolute atomic E-state index is 11.0. The second-order valence-electron chi connectivity index (χ2n) is 3.77. The summed E-state index contributed by atoms with van der Waals surface area (Å²) in [7, 11) is 0. The SMILES string of the molecule is CC1(C)CC(C(=O)C#N)CCO1. The smallest absolute Gasteiger partial charge is 0.235 e. The normalized spacial score (nSPS) is 27.6. The van der Waals surface area contributed by atoms with Crippen LogP contribution in [0.5, 0.6) is 0 Å². The van der Waals surface area contributed by atoms with Gasteiger partial charge in [0.2, 0.25) is 5.78 Å². The molecule has 66 valence electrons. The van der Waals surface area contributed by atoms with Gasteiger partial charge in [-0.05, 0) is 26.7 Å². The third-order valence-electron chi connectivity index (χ3n) is 2.18. The highest BCUT2D eigenvalue weighted by molar-refractivity contribution is 5.95. The Balaban J connectivity index is 2.59. The van der Waals surface area contributed by atoms with Gasteiger partial charge in [-0.1, -0.05) is 0 Å². The number of carbonyl (C=O) groups is 1. The molecule has 0 bridgehead atoms. The zero-order valence-corrected chi connectivity index (χ0v) is 7.46. The van der Waals surface area contributed by atoms with Crippen molar-refractivity contribution in [2.45, 2.75) is 32.3 Å². The molecule has 3 nitrogen and oxygen atoms in total. The molecular formula is C9H13NO2. The lowest BCUT2D eigenvalue weighted by atomic mass is 9.86. The molecule has 1 saturated heterocycles. The van der Waals surface area contributed by atoms with E-state index in [2.05, 4.69) is 0 Å². The summed E-state index contributed by atoms with van der Waals surface area (Å²) in [5.41, 5.74) is -0.241. The first-order valence-electron chi connectivity index (χ1n) is 4.13. The summed E-state index contributed by atoms with van der Waals surface area (Å²) in [6, 6.07) is 1.68. The van der Waals surface area contributed by atoms with E-state index in [9.17, 15) is 4.79 Å². The number of ketones is 1. The van der Waals surface area contributed by atoms with E-state index < -0.39 is 0 Å². The maximum Gasteiger partial charge on any atom is 0.235 e. The zero-order valence-electron chi connectivity index (χ0n) is 7.46. The summed E-state index contributed by atoms with van der Waals surface area (Å²) in [6.45, 7) is 4.48. The van der Waals surface area contributed by atoms with Crippen LogP contribution in [0.3, 0.4) is 0 Å². The second-order valence-corrected chi connectivity index (χ2v) is 3.77. The zero-order chi connectivity index (χ0) is 9.19. The van der Waals surface area contributed by atoms with Crippen LogP contribution < -0.4 is 0 Å². The summed E-state index contributed by atoms with van der Waals surface area (Å²) in [5, 5.41) is 8.42. The van der Waals surface area contributed by atoms with Crippen molar-refractivity contribution in [2.24, 2.45) is 5.92 Å². The Kier molecular flexibility index (Phi) is 2.49. The average molecular weight is 167 g/mol. The molecule has 1 rings (SSSR count). The van der Waals surface area contributed by atoms with E-state index in [-0.39, 0.29) is 17.3 Å². The van der Waals surface area contributed by atoms with Gasteiger partial charge in [0.25, 0.3) is 0 Å². The fourth-order valence-corrected chi connectivity index (χ4v) is 1.55. The number of nitriles is 1. The minimum absolute atomic E-state index is 0.112. The van der Waals surface area contributed by atoms with Gasteiger partial charge in [0.05, 0.1) is 5.60 Å². The minimum atomic E-state index is -0.300. The van der Waals surface area contributed by atoms with Gasteiger partial charge in [0, 0.05) is 12.5 Å². The summed E-state index contributed by atoms with van der Waals surface area (Å²) in [5.74, 6) is -0.412. The number of ether oxygens (including phenoxy) is 1. The largest absolute Gasteiger partial charge is 0.376 e. The number of hydrogen-bond acceptors (Lipinski definition) is 3. The van der Waals surface area contributed by atoms with Crippen LogP contribution in [0.2, 0.25) is 0 Å². The highest BCUT2D eigenvalue weighted by Gasteiger charge is 2.32. The summed E-state index contributed by atoms with van der Waals surface area (Å²) in [4.78, 5) is 11.0. The molecule has 1 unspecified atom stereocenters. The van der Waals surface area contributed by atoms with Crippen molar-refractivity contribution in [2.75, 3.05) is 6.61 Å². The van der Waals surface area contributed by atoms with Crippen molar-refractivity contribution in [3.8, 4) is 6.07 Å². The first-order chi connectivity index (χ1) is 5.55. The lowest BCUT2D eigenvalue weighted by Gasteiger charge is -2.33. The van der Waals surface area contributed by atoms with Crippen LogP contribution in [0.4, 0.5) is 0 Å². The van der Waals surface area contributed by atoms with E-state index in [4.69, 9.17) is 10.00 Å². The topological polar surface area (TPSA) is 50.1 Å². The van der Waals surface area contributed by atoms with E-state index in [1.54, 1.807) is 6.07 Å². The van der Waals surface area contributed by atoms with Crippen molar-refractivity contribution in [3.05, 3.63) is 0 Å². The van der Waals surface area contributed by atoms with Crippen molar-refractivity contribution in [1.29, 1.82) is 5.26 Å². The Morgan fingerprint density at radius 1 is 1.67 bits per heavy atom. The van der Waals surface area contributed by atoms with Crippen LogP contribution in [0.15, 0.2) is 0 Å². The van der Waals surface area contributed by atoms with Crippen molar-refractivity contribution in [1.82, 2.24) is 0 Å². The molecule has 0 aromatic carbocycles. The van der Waals surface area contributed by atoms with Gasteiger partial charge in [0.15, 0.2) is 0 Å². The molecule has 0 amide bonds. The molecule has 0 aromatic rings. The predicted molar refractivity (Wildman–Crippen MR) is 43.4 cm³/mol. The number of Topliss-reactive ketones (excluding diaryl/α,β-unsaturated/α-hetero) is 1. The molecule has 3 heteroatoms. The molecule has 12 heavy (non-hydrogen) atoms. The van der Waals surface area contributed by atoms with Crippen LogP contribution >= 0.6 is 0 Å². The molecule has 0 radical (unpaired) electrons. The second kappa shape index (κ2) is 3.24. The molecule has 0 N–H and O–H groups in total. The fraction of sp³-hybridized carbons (Fsp3) is 0.778. The third kappa shape index (κ3) is 2.05. The van der Waals surface area contributed by atoms with Gasteiger partial charge < -0.3 is 4.74 Å². The van der Waals surface area contributed by atoms with E-state index in [1.165, 1.54) is 0 Å². The van der Waals surface area contributed by atoms with Crippen LogP contribution in [0.1, 0.15) is 26.7 Å². The first kappa shape index (κ1) is 9.21. The van der Waals surface area contributed by atoms with E-state index >= 15 is 0 Å². The number of nitrogens with zero attached hydrogens (tertiary/aromatic N) is 1. The molecular weight excluding hydrogens is 154 g/mol. The molecule has 1 aliphatic rings. The Morgan fingerprint density at radius 2 is 2.33 bits per heavy atom. The van der Waals surface area contributed by atoms with Gasteiger partial charge >= 0.3 is 0 Å². The van der Waals surface area contributed by atoms with Gasteiger partial charge in [-0.15, -0.1) is 0 Å². The Morgan fingerprint density at radius 3 is 2.83 bits per heavy atom. The van der Waals surface area contributed by atoms with Crippen molar-refractivity contribution < 1.29 is 9.53 Å². The monoisotopic (exact) mass is 167 g/mol. The van der Waals surface area contributed by atoms with Gasteiger partial charge in [-0.2, -0.15) is 5.26 Å². The lowest BCUT2D eigenvalue weighted by molar-refractivity contribution is -0.127. The van der Waals surface area contributed by atoms with Gasteiger partial charge in [-0.25, -0.2) is 0 Å². The number of hydrogen-bond donors (Lipinski definition) is 0. The van der Waals surface area contributed by atoms with Gasteiger partial charge in [-0.3, -0.25) is 4.79 Å². The first-order valence-corrected chi connectivity index (χ1v) is 4.13. The molecule has 1 atom stereocenters. The quantitative estimate of drug-likeness (QED) is 0.553. The number of carbonyl (C=O) groups excluding carboxylic acids is 1. The number of rotatable bonds is 1. The minimum Gasteiger partial charge on any atom is -0.376 e. The van der Waals surface area contributed by atoms with Crippen LogP contribution in [-0.4, -0.2) is 18.0 Å². The van der Waals surface area contributed by atoms with E-state index in [1.807, 2.05) is 13.8 Å². The third-order valence-corrected chi connectivity index (χ3v) is 2.18.